The molecule has 0 saturated heterocycles. The van der Waals surface area contributed by atoms with Gasteiger partial charge >= 0.3 is 25.7 Å². The first kappa shape index (κ1) is 60.9. The average molecular weight is 920 g/mol. The van der Waals surface area contributed by atoms with Crippen molar-refractivity contribution < 1.29 is 47.5 Å². The smallest absolute Gasteiger partial charge is 0.472 e. The number of carbonyl (C=O) groups excluding carboxylic acids is 2. The topological polar surface area (TPSA) is 172 Å². The molecular formula is C52H90NO10P. The molecule has 11 nitrogen and oxygen atoms in total. The number of carboxylic acid groups (broad SMARTS) is 1. The number of carbonyl (C=O) groups is 3. The van der Waals surface area contributed by atoms with Gasteiger partial charge in [0, 0.05) is 12.8 Å². The lowest BCUT2D eigenvalue weighted by molar-refractivity contribution is -0.161. The van der Waals surface area contributed by atoms with Gasteiger partial charge in [0.2, 0.25) is 0 Å². The van der Waals surface area contributed by atoms with Gasteiger partial charge < -0.3 is 25.2 Å². The van der Waals surface area contributed by atoms with Crippen molar-refractivity contribution in [3.63, 3.8) is 0 Å². The second-order valence-corrected chi connectivity index (χ2v) is 18.0. The Morgan fingerprint density at radius 2 is 0.859 bits per heavy atom. The Morgan fingerprint density at radius 3 is 1.34 bits per heavy atom. The molecule has 0 aliphatic rings. The summed E-state index contributed by atoms with van der Waals surface area (Å²) in [6.45, 7) is 2.71. The lowest BCUT2D eigenvalue weighted by atomic mass is 10.0. The molecule has 4 N–H and O–H groups in total. The number of allylic oxidation sites excluding steroid dienone is 12. The largest absolute Gasteiger partial charge is 0.480 e. The number of nitrogens with two attached hydrogens (primary N) is 1. The van der Waals surface area contributed by atoms with Crippen molar-refractivity contribution >= 4 is 25.7 Å². The number of hydrogen-bond acceptors (Lipinski definition) is 9. The molecule has 0 heterocycles. The maximum atomic E-state index is 12.7. The highest BCUT2D eigenvalue weighted by molar-refractivity contribution is 7.47. The van der Waals surface area contributed by atoms with Gasteiger partial charge in [0.05, 0.1) is 13.2 Å². The third-order valence-electron chi connectivity index (χ3n) is 10.4. The van der Waals surface area contributed by atoms with E-state index in [-0.39, 0.29) is 19.4 Å². The minimum Gasteiger partial charge on any atom is -0.480 e. The minimum atomic E-state index is -4.74. The molecule has 1 unspecified atom stereocenters. The summed E-state index contributed by atoms with van der Waals surface area (Å²) in [6, 6.07) is -1.53. The third kappa shape index (κ3) is 45.5. The van der Waals surface area contributed by atoms with Crippen molar-refractivity contribution in [2.75, 3.05) is 19.8 Å². The molecule has 3 atom stereocenters. The standard InChI is InChI=1S/C52H90NO10P/c1-3-5-7-9-11-13-15-17-19-21-23-24-26-28-30-32-34-36-38-40-42-44-51(55)63-48(46-61-64(58,59)62-47-49(53)52(56)57)45-60-50(54)43-41-39-37-35-33-31-29-27-25-22-20-18-16-14-12-10-8-6-4-2/h12,14,17-20,25,27,31,33,37,39,48-49H,3-11,13,15-16,21-24,26,28-30,32,34-36,38,40-47,53H2,1-2H3,(H,56,57)(H,58,59)/b14-12-,19-17-,20-18-,27-25-,33-31-,39-37-/t48-,49+/m1/s1. The van der Waals surface area contributed by atoms with Gasteiger partial charge in [0.1, 0.15) is 12.6 Å². The summed E-state index contributed by atoms with van der Waals surface area (Å²) < 4.78 is 32.7. The molecule has 0 aromatic carbocycles. The van der Waals surface area contributed by atoms with E-state index in [0.29, 0.717) is 12.8 Å². The normalized spacial score (nSPS) is 14.2. The van der Waals surface area contributed by atoms with Crippen LogP contribution < -0.4 is 5.73 Å². The molecule has 0 saturated carbocycles. The average Bonchev–Trinajstić information content (AvgIpc) is 3.27. The van der Waals surface area contributed by atoms with E-state index in [2.05, 4.69) is 79.1 Å². The van der Waals surface area contributed by atoms with Crippen LogP contribution in [0.5, 0.6) is 0 Å². The highest BCUT2D eigenvalue weighted by atomic mass is 31.2. The van der Waals surface area contributed by atoms with Crippen molar-refractivity contribution in [2.45, 2.75) is 219 Å². The minimum absolute atomic E-state index is 0.0958. The van der Waals surface area contributed by atoms with Crippen LogP contribution in [-0.4, -0.2) is 59.9 Å². The zero-order chi connectivity index (χ0) is 47.0. The Kier molecular flexibility index (Phi) is 44.2. The molecule has 0 amide bonds. The fourth-order valence-electron chi connectivity index (χ4n) is 6.51. The van der Waals surface area contributed by atoms with Crippen molar-refractivity contribution in [3.8, 4) is 0 Å². The van der Waals surface area contributed by atoms with Crippen LogP contribution >= 0.6 is 7.82 Å². The van der Waals surface area contributed by atoms with Gasteiger partial charge in [-0.05, 0) is 77.0 Å². The van der Waals surface area contributed by atoms with E-state index < -0.39 is 51.1 Å². The Labute approximate surface area is 389 Å². The van der Waals surface area contributed by atoms with Gasteiger partial charge in [0.25, 0.3) is 0 Å². The van der Waals surface area contributed by atoms with Crippen LogP contribution in [0.1, 0.15) is 206 Å². The van der Waals surface area contributed by atoms with E-state index >= 15 is 0 Å². The van der Waals surface area contributed by atoms with Gasteiger partial charge in [0.15, 0.2) is 6.10 Å². The van der Waals surface area contributed by atoms with Crippen molar-refractivity contribution in [1.82, 2.24) is 0 Å². The molecule has 0 radical (unpaired) electrons. The van der Waals surface area contributed by atoms with Gasteiger partial charge in [-0.2, -0.15) is 0 Å². The molecule has 0 aliphatic carbocycles. The van der Waals surface area contributed by atoms with Crippen molar-refractivity contribution in [1.29, 1.82) is 0 Å². The van der Waals surface area contributed by atoms with E-state index in [4.69, 9.17) is 24.8 Å². The monoisotopic (exact) mass is 920 g/mol. The summed E-state index contributed by atoms with van der Waals surface area (Å²) in [7, 11) is -4.74. The maximum Gasteiger partial charge on any atom is 0.472 e. The van der Waals surface area contributed by atoms with Crippen LogP contribution in [0.2, 0.25) is 0 Å². The number of carboxylic acids is 1. The summed E-state index contributed by atoms with van der Waals surface area (Å²) in [5.74, 6) is -2.48. The second-order valence-electron chi connectivity index (χ2n) is 16.6. The molecular weight excluding hydrogens is 830 g/mol. The number of unbranched alkanes of at least 4 members (excludes halogenated alkanes) is 20. The number of rotatable bonds is 46. The van der Waals surface area contributed by atoms with Gasteiger partial charge in [-0.15, -0.1) is 0 Å². The Balaban J connectivity index is 4.38. The first-order chi connectivity index (χ1) is 31.1. The number of aliphatic carboxylic acids is 1. The summed E-state index contributed by atoms with van der Waals surface area (Å²) in [5, 5.41) is 8.91. The molecule has 368 valence electrons. The molecule has 0 aliphatic heterocycles. The fraction of sp³-hybridized carbons (Fsp3) is 0.712. The van der Waals surface area contributed by atoms with E-state index in [9.17, 15) is 23.8 Å². The van der Waals surface area contributed by atoms with Crippen molar-refractivity contribution in [2.24, 2.45) is 5.73 Å². The number of phosphoric acid groups is 1. The zero-order valence-corrected chi connectivity index (χ0v) is 41.0. The molecule has 0 spiro atoms. The third-order valence-corrected chi connectivity index (χ3v) is 11.4. The predicted octanol–water partition coefficient (Wildman–Crippen LogP) is 14.1. The van der Waals surface area contributed by atoms with Crippen molar-refractivity contribution in [3.05, 3.63) is 72.9 Å². The number of hydrogen-bond donors (Lipinski definition) is 3. The fourth-order valence-corrected chi connectivity index (χ4v) is 7.29. The highest BCUT2D eigenvalue weighted by Crippen LogP contribution is 2.43. The quantitative estimate of drug-likeness (QED) is 0.0230. The van der Waals surface area contributed by atoms with Gasteiger partial charge in [-0.3, -0.25) is 23.4 Å². The van der Waals surface area contributed by atoms with E-state index in [0.717, 1.165) is 44.9 Å². The highest BCUT2D eigenvalue weighted by Gasteiger charge is 2.28. The molecule has 0 aromatic heterocycles. The van der Waals surface area contributed by atoms with Crippen LogP contribution in [0.25, 0.3) is 0 Å². The van der Waals surface area contributed by atoms with Crippen LogP contribution in [0, 0.1) is 0 Å². The Bertz CT molecular complexity index is 1360. The molecule has 64 heavy (non-hydrogen) atoms. The van der Waals surface area contributed by atoms with Gasteiger partial charge in [-0.1, -0.05) is 189 Å². The molecule has 0 bridgehead atoms. The molecule has 0 fully saturated rings. The summed E-state index contributed by atoms with van der Waals surface area (Å²) >= 11 is 0. The molecule has 0 rings (SSSR count). The van der Waals surface area contributed by atoms with Gasteiger partial charge in [-0.25, -0.2) is 4.57 Å². The van der Waals surface area contributed by atoms with Crippen LogP contribution in [0.4, 0.5) is 0 Å². The number of esters is 2. The molecule has 0 aromatic rings. The number of ether oxygens (including phenoxy) is 2. The maximum absolute atomic E-state index is 12.7. The number of phosphoric ester groups is 1. The SMILES string of the molecule is CCCCC/C=C\C/C=C\C/C=C\C/C=C\C/C=C\CCC(=O)OC[C@H](COP(=O)(O)OC[C@H](N)C(=O)O)OC(=O)CCCCCCCCCCCCC/C=C\CCCCCCCC. The van der Waals surface area contributed by atoms with Crippen LogP contribution in [-0.2, 0) is 37.5 Å². The Hall–Kier alpha value is -3.08. The first-order valence-electron chi connectivity index (χ1n) is 25.0. The van der Waals surface area contributed by atoms with Crippen LogP contribution in [0.15, 0.2) is 72.9 Å². The van der Waals surface area contributed by atoms with E-state index in [1.165, 1.54) is 122 Å². The zero-order valence-electron chi connectivity index (χ0n) is 40.1. The van der Waals surface area contributed by atoms with E-state index in [1.54, 1.807) is 0 Å². The Morgan fingerprint density at radius 1 is 0.484 bits per heavy atom. The van der Waals surface area contributed by atoms with Crippen LogP contribution in [0.3, 0.4) is 0 Å². The summed E-state index contributed by atoms with van der Waals surface area (Å²) in [4.78, 5) is 46.1. The van der Waals surface area contributed by atoms with E-state index in [1.807, 2.05) is 12.2 Å². The lowest BCUT2D eigenvalue weighted by Crippen LogP contribution is -2.34. The first-order valence-corrected chi connectivity index (χ1v) is 26.5. The summed E-state index contributed by atoms with van der Waals surface area (Å²) in [6.07, 6.45) is 56.9. The second kappa shape index (κ2) is 46.4. The molecule has 12 heteroatoms. The summed E-state index contributed by atoms with van der Waals surface area (Å²) in [5.41, 5.74) is 5.34. The predicted molar refractivity (Wildman–Crippen MR) is 263 cm³/mol. The lowest BCUT2D eigenvalue weighted by Gasteiger charge is -2.20.